The van der Waals surface area contributed by atoms with E-state index >= 15 is 0 Å². The first-order valence-corrected chi connectivity index (χ1v) is 5.66. The molecule has 0 aromatic heterocycles. The van der Waals surface area contributed by atoms with Gasteiger partial charge in [-0.15, -0.1) is 0 Å². The SMILES string of the molecule is CC1[C@@H]2CC3C[C@H]1CC(C)(C3)C2. The van der Waals surface area contributed by atoms with Gasteiger partial charge in [-0.25, -0.2) is 0 Å². The largest absolute Gasteiger partial charge is 0.0620 e. The standard InChI is InChI=1S/C12H20/c1-8-10-3-9-4-11(8)7-12(2,5-9)6-10/h8-11H,3-7H2,1-2H3/t8?,9?,10-,11+,12?. The lowest BCUT2D eigenvalue weighted by Crippen LogP contribution is -2.48. The molecule has 4 aliphatic carbocycles. The summed E-state index contributed by atoms with van der Waals surface area (Å²) < 4.78 is 0. The molecule has 0 radical (unpaired) electrons. The van der Waals surface area contributed by atoms with Gasteiger partial charge in [0.1, 0.15) is 0 Å². The molecule has 0 saturated heterocycles. The second kappa shape index (κ2) is 2.08. The Kier molecular flexibility index (Phi) is 1.28. The molecule has 0 aliphatic heterocycles. The predicted molar refractivity (Wildman–Crippen MR) is 50.8 cm³/mol. The van der Waals surface area contributed by atoms with Crippen LogP contribution in [0.5, 0.6) is 0 Å². The fourth-order valence-corrected chi connectivity index (χ4v) is 4.68. The molecule has 4 fully saturated rings. The molecule has 68 valence electrons. The monoisotopic (exact) mass is 164 g/mol. The maximum atomic E-state index is 2.55. The summed E-state index contributed by atoms with van der Waals surface area (Å²) in [5.74, 6) is 4.42. The molecular weight excluding hydrogens is 144 g/mol. The zero-order valence-corrected chi connectivity index (χ0v) is 8.34. The van der Waals surface area contributed by atoms with Crippen LogP contribution in [0.2, 0.25) is 0 Å². The van der Waals surface area contributed by atoms with Crippen molar-refractivity contribution in [2.75, 3.05) is 0 Å². The molecule has 0 spiro atoms. The van der Waals surface area contributed by atoms with Gasteiger partial charge in [0.05, 0.1) is 0 Å². The molecule has 0 nitrogen and oxygen atoms in total. The first-order valence-electron chi connectivity index (χ1n) is 5.66. The molecule has 4 rings (SSSR count). The van der Waals surface area contributed by atoms with Crippen LogP contribution in [0.4, 0.5) is 0 Å². The highest BCUT2D eigenvalue weighted by Crippen LogP contribution is 2.61. The Morgan fingerprint density at radius 2 is 1.58 bits per heavy atom. The van der Waals surface area contributed by atoms with E-state index in [1.165, 1.54) is 0 Å². The van der Waals surface area contributed by atoms with Crippen LogP contribution in [-0.4, -0.2) is 0 Å². The molecule has 3 unspecified atom stereocenters. The van der Waals surface area contributed by atoms with Crippen molar-refractivity contribution in [2.45, 2.75) is 46.0 Å². The minimum atomic E-state index is 0.781. The molecule has 0 amide bonds. The van der Waals surface area contributed by atoms with Crippen molar-refractivity contribution in [3.05, 3.63) is 0 Å². The van der Waals surface area contributed by atoms with E-state index in [-0.39, 0.29) is 0 Å². The summed E-state index contributed by atoms with van der Waals surface area (Å²) in [5.41, 5.74) is 0.781. The highest BCUT2D eigenvalue weighted by Gasteiger charge is 2.51. The first-order chi connectivity index (χ1) is 5.66. The summed E-state index contributed by atoms with van der Waals surface area (Å²) in [5, 5.41) is 0. The maximum absolute atomic E-state index is 2.55. The van der Waals surface area contributed by atoms with Crippen molar-refractivity contribution in [2.24, 2.45) is 29.1 Å². The molecule has 4 aliphatic rings. The van der Waals surface area contributed by atoms with Gasteiger partial charge < -0.3 is 0 Å². The Balaban J connectivity index is 1.95. The molecule has 4 saturated carbocycles. The van der Waals surface area contributed by atoms with Gasteiger partial charge in [0.2, 0.25) is 0 Å². The zero-order valence-electron chi connectivity index (χ0n) is 8.34. The van der Waals surface area contributed by atoms with Crippen LogP contribution >= 0.6 is 0 Å². The third-order valence-corrected chi connectivity index (χ3v) is 5.05. The molecule has 4 bridgehead atoms. The van der Waals surface area contributed by atoms with E-state index in [9.17, 15) is 0 Å². The van der Waals surface area contributed by atoms with Crippen molar-refractivity contribution in [1.29, 1.82) is 0 Å². The van der Waals surface area contributed by atoms with Crippen molar-refractivity contribution >= 4 is 0 Å². The van der Waals surface area contributed by atoms with Crippen LogP contribution in [0.1, 0.15) is 46.0 Å². The van der Waals surface area contributed by atoms with Crippen LogP contribution in [0.15, 0.2) is 0 Å². The van der Waals surface area contributed by atoms with Gasteiger partial charge in [-0.2, -0.15) is 0 Å². The number of hydrogen-bond acceptors (Lipinski definition) is 0. The molecule has 0 aromatic rings. The molecule has 0 heteroatoms. The van der Waals surface area contributed by atoms with Crippen LogP contribution in [-0.2, 0) is 0 Å². The molecule has 0 N–H and O–H groups in total. The molecule has 0 heterocycles. The Hall–Kier alpha value is 0. The smallest absolute Gasteiger partial charge is 0.0318 e. The first kappa shape index (κ1) is 7.41. The van der Waals surface area contributed by atoms with E-state index in [4.69, 9.17) is 0 Å². The second-order valence-corrected chi connectivity index (χ2v) is 6.14. The fourth-order valence-electron chi connectivity index (χ4n) is 4.68. The summed E-state index contributed by atoms with van der Waals surface area (Å²) in [6, 6.07) is 0. The van der Waals surface area contributed by atoms with Crippen LogP contribution in [0.25, 0.3) is 0 Å². The van der Waals surface area contributed by atoms with Crippen molar-refractivity contribution in [3.8, 4) is 0 Å². The average Bonchev–Trinajstić information content (AvgIpc) is 1.96. The summed E-state index contributed by atoms with van der Waals surface area (Å²) in [7, 11) is 0. The summed E-state index contributed by atoms with van der Waals surface area (Å²) >= 11 is 0. The van der Waals surface area contributed by atoms with Gasteiger partial charge in [-0.3, -0.25) is 0 Å². The maximum Gasteiger partial charge on any atom is -0.0318 e. The Labute approximate surface area is 75.7 Å². The topological polar surface area (TPSA) is 0 Å². The van der Waals surface area contributed by atoms with Gasteiger partial charge >= 0.3 is 0 Å². The predicted octanol–water partition coefficient (Wildman–Crippen LogP) is 3.47. The minimum absolute atomic E-state index is 0.781. The lowest BCUT2D eigenvalue weighted by Gasteiger charge is -2.58. The summed E-state index contributed by atoms with van der Waals surface area (Å²) in [6.45, 7) is 5.06. The third-order valence-electron chi connectivity index (χ3n) is 5.05. The van der Waals surface area contributed by atoms with Crippen LogP contribution in [0, 0.1) is 29.1 Å². The highest BCUT2D eigenvalue weighted by molar-refractivity contribution is 5.01. The van der Waals surface area contributed by atoms with E-state index in [0.717, 1.165) is 29.1 Å². The second-order valence-electron chi connectivity index (χ2n) is 6.14. The quantitative estimate of drug-likeness (QED) is 0.514. The van der Waals surface area contributed by atoms with Gasteiger partial charge in [-0.1, -0.05) is 13.8 Å². The molecule has 12 heavy (non-hydrogen) atoms. The Morgan fingerprint density at radius 3 is 2.08 bits per heavy atom. The molecule has 5 atom stereocenters. The van der Waals surface area contributed by atoms with Gasteiger partial charge in [0.15, 0.2) is 0 Å². The van der Waals surface area contributed by atoms with E-state index in [1.54, 1.807) is 32.1 Å². The number of rotatable bonds is 0. The summed E-state index contributed by atoms with van der Waals surface area (Å²) in [6.07, 6.45) is 7.83. The Bertz CT molecular complexity index is 190. The lowest BCUT2D eigenvalue weighted by atomic mass is 9.47. The summed E-state index contributed by atoms with van der Waals surface area (Å²) in [4.78, 5) is 0. The average molecular weight is 164 g/mol. The third kappa shape index (κ3) is 0.843. The fraction of sp³-hybridized carbons (Fsp3) is 1.00. The van der Waals surface area contributed by atoms with Crippen LogP contribution in [0.3, 0.4) is 0 Å². The van der Waals surface area contributed by atoms with E-state index in [0.29, 0.717) is 0 Å². The number of hydrogen-bond donors (Lipinski definition) is 0. The van der Waals surface area contributed by atoms with E-state index < -0.39 is 0 Å². The van der Waals surface area contributed by atoms with E-state index in [2.05, 4.69) is 13.8 Å². The van der Waals surface area contributed by atoms with Crippen molar-refractivity contribution < 1.29 is 0 Å². The van der Waals surface area contributed by atoms with Gasteiger partial charge in [0, 0.05) is 0 Å². The van der Waals surface area contributed by atoms with Crippen molar-refractivity contribution in [1.82, 2.24) is 0 Å². The van der Waals surface area contributed by atoms with Gasteiger partial charge in [0.25, 0.3) is 0 Å². The van der Waals surface area contributed by atoms with E-state index in [1.807, 2.05) is 0 Å². The van der Waals surface area contributed by atoms with Gasteiger partial charge in [-0.05, 0) is 61.2 Å². The molecule has 0 aromatic carbocycles. The Morgan fingerprint density at radius 1 is 1.00 bits per heavy atom. The zero-order chi connectivity index (χ0) is 8.34. The molecular formula is C12H20. The highest BCUT2D eigenvalue weighted by atomic mass is 14.6. The normalized spacial score (nSPS) is 62.5. The van der Waals surface area contributed by atoms with Crippen LogP contribution < -0.4 is 0 Å². The van der Waals surface area contributed by atoms with Crippen molar-refractivity contribution in [3.63, 3.8) is 0 Å². The lowest BCUT2D eigenvalue weighted by molar-refractivity contribution is -0.0796. The minimum Gasteiger partial charge on any atom is -0.0620 e.